The van der Waals surface area contributed by atoms with Crippen molar-refractivity contribution < 1.29 is 19.5 Å². The number of nitrogens with zero attached hydrogens (tertiary/aromatic N) is 1. The number of nitrogens with two attached hydrogens (primary N) is 1. The molecule has 0 spiro atoms. The topological polar surface area (TPSA) is 116 Å². The van der Waals surface area contributed by atoms with E-state index in [9.17, 15) is 19.5 Å². The molecule has 2 rings (SSSR count). The molecule has 23 heavy (non-hydrogen) atoms. The molecule has 1 aliphatic rings. The first-order valence-corrected chi connectivity index (χ1v) is 7.75. The van der Waals surface area contributed by atoms with Gasteiger partial charge in [-0.2, -0.15) is 0 Å². The van der Waals surface area contributed by atoms with Crippen LogP contribution in [0.2, 0.25) is 0 Å². The zero-order chi connectivity index (χ0) is 17.4. The Bertz CT molecular complexity index is 665. The highest BCUT2D eigenvalue weighted by Gasteiger charge is 2.41. The normalized spacial score (nSPS) is 21.3. The molecule has 1 saturated heterocycles. The molecule has 7 nitrogen and oxygen atoms in total. The van der Waals surface area contributed by atoms with Crippen LogP contribution in [0.3, 0.4) is 0 Å². The number of piperidine rings is 1. The van der Waals surface area contributed by atoms with Crippen LogP contribution < -0.4 is 5.73 Å². The van der Waals surface area contributed by atoms with Gasteiger partial charge < -0.3 is 20.7 Å². The molecule has 1 aromatic rings. The summed E-state index contributed by atoms with van der Waals surface area (Å²) in [6, 6.07) is 0. The lowest BCUT2D eigenvalue weighted by atomic mass is 9.77. The van der Waals surface area contributed by atoms with Gasteiger partial charge in [0.25, 0.3) is 5.91 Å². The molecular formula is C16H23N3O4. The molecule has 0 aliphatic carbocycles. The van der Waals surface area contributed by atoms with Gasteiger partial charge in [-0.15, -0.1) is 0 Å². The smallest absolute Gasteiger partial charge is 0.352 e. The number of carbonyl (C=O) groups excluding carboxylic acids is 2. The number of aromatic nitrogens is 1. The Labute approximate surface area is 134 Å². The summed E-state index contributed by atoms with van der Waals surface area (Å²) in [5.74, 6) is -1.72. The number of carboxylic acids is 1. The monoisotopic (exact) mass is 321 g/mol. The Morgan fingerprint density at radius 2 is 2.00 bits per heavy atom. The van der Waals surface area contributed by atoms with E-state index in [1.807, 2.05) is 6.92 Å². The Kier molecular flexibility index (Phi) is 4.49. The molecule has 0 saturated carbocycles. The van der Waals surface area contributed by atoms with E-state index in [2.05, 4.69) is 4.98 Å². The fraction of sp³-hybridized carbons (Fsp3) is 0.562. The maximum absolute atomic E-state index is 12.9. The highest BCUT2D eigenvalue weighted by Crippen LogP contribution is 2.34. The first-order valence-electron chi connectivity index (χ1n) is 7.75. The second-order valence-corrected chi connectivity index (χ2v) is 6.26. The number of amides is 2. The first kappa shape index (κ1) is 17.1. The van der Waals surface area contributed by atoms with Gasteiger partial charge >= 0.3 is 5.97 Å². The van der Waals surface area contributed by atoms with E-state index < -0.39 is 11.4 Å². The van der Waals surface area contributed by atoms with Gasteiger partial charge in [0.2, 0.25) is 5.91 Å². The Morgan fingerprint density at radius 3 is 2.48 bits per heavy atom. The lowest BCUT2D eigenvalue weighted by Crippen LogP contribution is -2.52. The molecule has 1 atom stereocenters. The number of rotatable bonds is 4. The lowest BCUT2D eigenvalue weighted by Gasteiger charge is -2.40. The second-order valence-electron chi connectivity index (χ2n) is 6.26. The van der Waals surface area contributed by atoms with Crippen LogP contribution >= 0.6 is 0 Å². The van der Waals surface area contributed by atoms with Crippen molar-refractivity contribution in [2.24, 2.45) is 11.1 Å². The summed E-state index contributed by atoms with van der Waals surface area (Å²) >= 11 is 0. The first-order chi connectivity index (χ1) is 10.7. The van der Waals surface area contributed by atoms with Gasteiger partial charge in [0.05, 0.1) is 11.0 Å². The Balaban J connectivity index is 2.34. The average molecular weight is 321 g/mol. The van der Waals surface area contributed by atoms with Gasteiger partial charge in [0, 0.05) is 18.8 Å². The lowest BCUT2D eigenvalue weighted by molar-refractivity contribution is -0.130. The van der Waals surface area contributed by atoms with Crippen LogP contribution in [0, 0.1) is 19.3 Å². The molecule has 126 valence electrons. The molecule has 0 radical (unpaired) electrons. The van der Waals surface area contributed by atoms with Crippen LogP contribution in [0.25, 0.3) is 0 Å². The van der Waals surface area contributed by atoms with Crippen LogP contribution in [0.5, 0.6) is 0 Å². The van der Waals surface area contributed by atoms with Crippen molar-refractivity contribution in [1.29, 1.82) is 0 Å². The largest absolute Gasteiger partial charge is 0.477 e. The van der Waals surface area contributed by atoms with E-state index >= 15 is 0 Å². The summed E-state index contributed by atoms with van der Waals surface area (Å²) in [5, 5.41) is 9.17. The number of primary amides is 1. The minimum Gasteiger partial charge on any atom is -0.477 e. The van der Waals surface area contributed by atoms with Gasteiger partial charge in [-0.1, -0.05) is 6.92 Å². The quantitative estimate of drug-likeness (QED) is 0.778. The van der Waals surface area contributed by atoms with E-state index in [0.29, 0.717) is 42.6 Å². The van der Waals surface area contributed by atoms with Crippen molar-refractivity contribution in [2.75, 3.05) is 13.1 Å². The van der Waals surface area contributed by atoms with Crippen LogP contribution in [0.15, 0.2) is 0 Å². The van der Waals surface area contributed by atoms with Crippen molar-refractivity contribution in [3.63, 3.8) is 0 Å². The van der Waals surface area contributed by atoms with E-state index in [1.54, 1.807) is 18.7 Å². The molecule has 4 N–H and O–H groups in total. The fourth-order valence-electron chi connectivity index (χ4n) is 3.41. The zero-order valence-electron chi connectivity index (χ0n) is 13.7. The Hall–Kier alpha value is -2.31. The number of carboxylic acid groups (broad SMARTS) is 1. The summed E-state index contributed by atoms with van der Waals surface area (Å²) in [6.45, 7) is 6.02. The van der Waals surface area contributed by atoms with Crippen molar-refractivity contribution in [2.45, 2.75) is 40.0 Å². The second kappa shape index (κ2) is 6.06. The van der Waals surface area contributed by atoms with Gasteiger partial charge in [-0.25, -0.2) is 4.79 Å². The number of hydrogen-bond donors (Lipinski definition) is 3. The number of nitrogens with one attached hydrogen (secondary N) is 1. The van der Waals surface area contributed by atoms with Gasteiger partial charge in [0.15, 0.2) is 0 Å². The molecule has 1 aliphatic heterocycles. The third-order valence-corrected chi connectivity index (χ3v) is 4.93. The minimum absolute atomic E-state index is 0.0273. The van der Waals surface area contributed by atoms with Crippen LogP contribution in [0.1, 0.15) is 58.3 Å². The molecule has 7 heteroatoms. The molecular weight excluding hydrogens is 298 g/mol. The molecule has 1 fully saturated rings. The maximum atomic E-state index is 12.9. The van der Waals surface area contributed by atoms with Gasteiger partial charge in [-0.3, -0.25) is 9.59 Å². The van der Waals surface area contributed by atoms with E-state index in [-0.39, 0.29) is 24.1 Å². The van der Waals surface area contributed by atoms with E-state index in [1.165, 1.54) is 0 Å². The number of carbonyl (C=O) groups is 3. The molecule has 0 bridgehead atoms. The number of hydrogen-bond acceptors (Lipinski definition) is 3. The summed E-state index contributed by atoms with van der Waals surface area (Å²) in [6.07, 6.45) is 1.96. The van der Waals surface area contributed by atoms with E-state index in [0.717, 1.165) is 0 Å². The third-order valence-electron chi connectivity index (χ3n) is 4.93. The number of aromatic carboxylic acids is 1. The summed E-state index contributed by atoms with van der Waals surface area (Å²) in [5.41, 5.74) is 6.21. The number of likely N-dealkylation sites (tertiary alicyclic amines) is 1. The minimum atomic E-state index is -1.09. The number of aromatic amines is 1. The fourth-order valence-corrected chi connectivity index (χ4v) is 3.41. The van der Waals surface area contributed by atoms with Crippen LogP contribution in [-0.2, 0) is 4.79 Å². The third kappa shape index (κ3) is 2.83. The summed E-state index contributed by atoms with van der Waals surface area (Å²) in [4.78, 5) is 40.3. The average Bonchev–Trinajstić information content (AvgIpc) is 2.81. The number of H-pyrrole nitrogens is 1. The van der Waals surface area contributed by atoms with Gasteiger partial charge in [-0.05, 0) is 38.7 Å². The molecule has 0 aromatic carbocycles. The van der Waals surface area contributed by atoms with Crippen molar-refractivity contribution in [3.05, 3.63) is 22.5 Å². The predicted octanol–water partition coefficient (Wildman–Crippen LogP) is 1.45. The van der Waals surface area contributed by atoms with Crippen LogP contribution in [-0.4, -0.2) is 45.9 Å². The number of aryl methyl sites for hydroxylation is 1. The van der Waals surface area contributed by atoms with E-state index in [4.69, 9.17) is 5.73 Å². The zero-order valence-corrected chi connectivity index (χ0v) is 13.7. The molecule has 2 heterocycles. The summed E-state index contributed by atoms with van der Waals surface area (Å²) in [7, 11) is 0. The predicted molar refractivity (Wildman–Crippen MR) is 84.3 cm³/mol. The van der Waals surface area contributed by atoms with Crippen molar-refractivity contribution in [1.82, 2.24) is 9.88 Å². The Morgan fingerprint density at radius 1 is 1.35 bits per heavy atom. The van der Waals surface area contributed by atoms with Gasteiger partial charge in [0.1, 0.15) is 5.69 Å². The highest BCUT2D eigenvalue weighted by molar-refractivity contribution is 6.01. The summed E-state index contributed by atoms with van der Waals surface area (Å²) < 4.78 is 0. The van der Waals surface area contributed by atoms with Crippen molar-refractivity contribution >= 4 is 17.8 Å². The van der Waals surface area contributed by atoms with Crippen molar-refractivity contribution in [3.8, 4) is 0 Å². The molecule has 1 unspecified atom stereocenters. The highest BCUT2D eigenvalue weighted by atomic mass is 16.4. The maximum Gasteiger partial charge on any atom is 0.352 e. The standard InChI is InChI=1S/C16H23N3O4/c1-4-16(15(17)23)6-5-7-19(8-16)13(20)11-9(2)12(14(21)22)18-10(11)3/h18H,4-8H2,1-3H3,(H2,17,23)(H,21,22). The van der Waals surface area contributed by atoms with Crippen LogP contribution in [0.4, 0.5) is 0 Å². The molecule has 1 aromatic heterocycles. The SMILES string of the molecule is CCC1(C(N)=O)CCCN(C(=O)c2c(C)[nH]c(C(=O)O)c2C)C1. The molecule has 2 amide bonds.